The first-order valence-corrected chi connectivity index (χ1v) is 10.9. The number of fused-ring (bicyclic) bond motifs is 1. The summed E-state index contributed by atoms with van der Waals surface area (Å²) in [6.45, 7) is 5.37. The van der Waals surface area contributed by atoms with E-state index in [4.69, 9.17) is 16.6 Å². The lowest BCUT2D eigenvalue weighted by atomic mass is 10.1. The number of aromatic nitrogens is 2. The summed E-state index contributed by atoms with van der Waals surface area (Å²) < 4.78 is 2.16. The molecule has 9 heteroatoms. The fourth-order valence-electron chi connectivity index (χ4n) is 3.38. The summed E-state index contributed by atoms with van der Waals surface area (Å²) in [5.74, 6) is 0.0362. The molecule has 0 bridgehead atoms. The van der Waals surface area contributed by atoms with E-state index < -0.39 is 11.9 Å². The number of nitrogens with zero attached hydrogens (tertiary/aromatic N) is 4. The van der Waals surface area contributed by atoms with Crippen molar-refractivity contribution in [3.05, 3.63) is 72.7 Å². The van der Waals surface area contributed by atoms with Gasteiger partial charge in [0.1, 0.15) is 0 Å². The molecule has 0 unspecified atom stereocenters. The molecule has 0 radical (unpaired) electrons. The Morgan fingerprint density at radius 3 is 2.26 bits per heavy atom. The molecule has 2 heterocycles. The van der Waals surface area contributed by atoms with Crippen molar-refractivity contribution in [2.24, 2.45) is 0 Å². The Morgan fingerprint density at radius 2 is 1.71 bits per heavy atom. The summed E-state index contributed by atoms with van der Waals surface area (Å²) in [5.41, 5.74) is 3.25. The van der Waals surface area contributed by atoms with Crippen LogP contribution in [0.3, 0.4) is 0 Å². The molecule has 0 fully saturated rings. The van der Waals surface area contributed by atoms with Crippen LogP contribution in [0.25, 0.3) is 10.9 Å². The van der Waals surface area contributed by atoms with E-state index in [1.807, 2.05) is 24.3 Å². The van der Waals surface area contributed by atoms with E-state index in [-0.39, 0.29) is 5.91 Å². The number of benzene rings is 1. The minimum absolute atomic E-state index is 0.0238. The Kier molecular flexibility index (Phi) is 10.1. The van der Waals surface area contributed by atoms with Gasteiger partial charge >= 0.3 is 11.9 Å². The van der Waals surface area contributed by atoms with E-state index in [0.717, 1.165) is 35.1 Å². The first-order chi connectivity index (χ1) is 16.8. The van der Waals surface area contributed by atoms with Gasteiger partial charge in [-0.2, -0.15) is 0 Å². The van der Waals surface area contributed by atoms with Gasteiger partial charge in [-0.3, -0.25) is 19.5 Å². The van der Waals surface area contributed by atoms with Gasteiger partial charge in [0.25, 0.3) is 0 Å². The monoisotopic (exact) mass is 476 g/mol. The Hall–Kier alpha value is -4.58. The van der Waals surface area contributed by atoms with Crippen molar-refractivity contribution in [1.29, 1.82) is 0 Å². The summed E-state index contributed by atoms with van der Waals surface area (Å²) >= 11 is 0. The molecule has 0 saturated heterocycles. The fourth-order valence-corrected chi connectivity index (χ4v) is 3.38. The van der Waals surface area contributed by atoms with Crippen LogP contribution in [-0.2, 0) is 20.9 Å². The van der Waals surface area contributed by atoms with Gasteiger partial charge in [-0.05, 0) is 30.2 Å². The molecule has 2 N–H and O–H groups in total. The Morgan fingerprint density at radius 1 is 1.09 bits per heavy atom. The normalized spacial score (nSPS) is 10.3. The maximum absolute atomic E-state index is 11.9. The van der Waals surface area contributed by atoms with Crippen LogP contribution in [0.5, 0.6) is 0 Å². The number of carboxylic acids is 2. The van der Waals surface area contributed by atoms with Crippen LogP contribution in [0.15, 0.2) is 67.1 Å². The van der Waals surface area contributed by atoms with Gasteiger partial charge < -0.3 is 15.1 Å². The highest BCUT2D eigenvalue weighted by Crippen LogP contribution is 2.26. The zero-order chi connectivity index (χ0) is 25.8. The summed E-state index contributed by atoms with van der Waals surface area (Å²) in [6.07, 6.45) is 13.3. The SMILES string of the molecule is C#CCN(Cc1cn(N(CCC)c2ccncc2)c2ccccc12)C(C)=O.O=C(O)/C=C\C(=O)O. The van der Waals surface area contributed by atoms with E-state index in [2.05, 4.69) is 45.8 Å². The van der Waals surface area contributed by atoms with Crippen molar-refractivity contribution in [2.75, 3.05) is 18.1 Å². The molecule has 3 aromatic rings. The molecule has 0 saturated carbocycles. The molecule has 1 amide bonds. The molecule has 3 rings (SSSR count). The van der Waals surface area contributed by atoms with Gasteiger partial charge in [0, 0.05) is 56.1 Å². The highest BCUT2D eigenvalue weighted by molar-refractivity contribution is 5.89. The average molecular weight is 477 g/mol. The molecule has 0 aliphatic rings. The second kappa shape index (κ2) is 13.2. The van der Waals surface area contributed by atoms with Crippen molar-refractivity contribution in [3.8, 4) is 12.3 Å². The quantitative estimate of drug-likeness (QED) is 0.359. The number of hydrogen-bond donors (Lipinski definition) is 2. The zero-order valence-corrected chi connectivity index (χ0v) is 19.7. The van der Waals surface area contributed by atoms with Crippen molar-refractivity contribution < 1.29 is 24.6 Å². The third kappa shape index (κ3) is 7.75. The standard InChI is InChI=1S/C22H24N4O.C4H4O4/c1-4-14-24(18(3)27)16-19-17-26(22-9-7-6-8-21(19)22)25(15-5-2)20-10-12-23-13-11-20;5-3(6)1-2-4(7)8/h1,6-13,17H,5,14-16H2,2-3H3;1-2H,(H,5,6)(H,7,8)/b;2-1-. The summed E-state index contributed by atoms with van der Waals surface area (Å²) in [5, 5.41) is 19.0. The van der Waals surface area contributed by atoms with Crippen LogP contribution in [-0.4, -0.2) is 55.7 Å². The average Bonchev–Trinajstić information content (AvgIpc) is 3.20. The number of pyridine rings is 1. The minimum atomic E-state index is -1.26. The lowest BCUT2D eigenvalue weighted by molar-refractivity contribution is -0.134. The van der Waals surface area contributed by atoms with Gasteiger partial charge in [-0.15, -0.1) is 6.42 Å². The van der Waals surface area contributed by atoms with Gasteiger partial charge in [-0.25, -0.2) is 9.59 Å². The van der Waals surface area contributed by atoms with Crippen LogP contribution in [0.4, 0.5) is 5.69 Å². The van der Waals surface area contributed by atoms with Crippen molar-refractivity contribution in [1.82, 2.24) is 14.6 Å². The molecule has 0 atom stereocenters. The molecular formula is C26H28N4O5. The molecule has 2 aromatic heterocycles. The van der Waals surface area contributed by atoms with Crippen LogP contribution < -0.4 is 5.01 Å². The first-order valence-electron chi connectivity index (χ1n) is 10.9. The van der Waals surface area contributed by atoms with Crippen LogP contribution >= 0.6 is 0 Å². The van der Waals surface area contributed by atoms with Crippen molar-refractivity contribution in [2.45, 2.75) is 26.8 Å². The van der Waals surface area contributed by atoms with Crippen molar-refractivity contribution in [3.63, 3.8) is 0 Å². The van der Waals surface area contributed by atoms with Gasteiger partial charge in [0.15, 0.2) is 0 Å². The number of terminal acetylenes is 1. The molecule has 9 nitrogen and oxygen atoms in total. The maximum atomic E-state index is 11.9. The summed E-state index contributed by atoms with van der Waals surface area (Å²) in [6, 6.07) is 12.2. The zero-order valence-electron chi connectivity index (χ0n) is 19.7. The highest BCUT2D eigenvalue weighted by Gasteiger charge is 2.17. The van der Waals surface area contributed by atoms with E-state index in [9.17, 15) is 14.4 Å². The van der Waals surface area contributed by atoms with E-state index >= 15 is 0 Å². The topological polar surface area (TPSA) is 116 Å². The number of carbonyl (C=O) groups is 3. The predicted molar refractivity (Wildman–Crippen MR) is 134 cm³/mol. The molecule has 182 valence electrons. The Balaban J connectivity index is 0.000000466. The Labute approximate surface area is 203 Å². The second-order valence-corrected chi connectivity index (χ2v) is 7.43. The summed E-state index contributed by atoms with van der Waals surface area (Å²) in [7, 11) is 0. The molecule has 1 aromatic carbocycles. The lowest BCUT2D eigenvalue weighted by Gasteiger charge is -2.26. The number of carbonyl (C=O) groups excluding carboxylic acids is 1. The first kappa shape index (κ1) is 26.7. The second-order valence-electron chi connectivity index (χ2n) is 7.43. The number of para-hydroxylation sites is 1. The number of carboxylic acid groups (broad SMARTS) is 2. The van der Waals surface area contributed by atoms with Crippen LogP contribution in [0.1, 0.15) is 25.8 Å². The summed E-state index contributed by atoms with van der Waals surface area (Å²) in [4.78, 5) is 36.9. The predicted octanol–water partition coefficient (Wildman–Crippen LogP) is 3.41. The lowest BCUT2D eigenvalue weighted by Crippen LogP contribution is -2.30. The largest absolute Gasteiger partial charge is 0.478 e. The smallest absolute Gasteiger partial charge is 0.328 e. The van der Waals surface area contributed by atoms with E-state index in [1.54, 1.807) is 24.2 Å². The van der Waals surface area contributed by atoms with Gasteiger partial charge in [0.05, 0.1) is 17.7 Å². The third-order valence-corrected chi connectivity index (χ3v) is 4.89. The van der Waals surface area contributed by atoms with E-state index in [1.165, 1.54) is 0 Å². The fraction of sp³-hybridized carbons (Fsp3) is 0.231. The third-order valence-electron chi connectivity index (χ3n) is 4.89. The van der Waals surface area contributed by atoms with E-state index in [0.29, 0.717) is 25.2 Å². The number of rotatable bonds is 9. The Bertz CT molecular complexity index is 1210. The molecular weight excluding hydrogens is 448 g/mol. The highest BCUT2D eigenvalue weighted by atomic mass is 16.4. The minimum Gasteiger partial charge on any atom is -0.478 e. The van der Waals surface area contributed by atoms with Gasteiger partial charge in [0.2, 0.25) is 5.91 Å². The van der Waals surface area contributed by atoms with Gasteiger partial charge in [-0.1, -0.05) is 31.0 Å². The number of amides is 1. The molecule has 0 aliphatic carbocycles. The molecule has 0 aliphatic heterocycles. The van der Waals surface area contributed by atoms with Crippen LogP contribution in [0.2, 0.25) is 0 Å². The maximum Gasteiger partial charge on any atom is 0.328 e. The molecule has 35 heavy (non-hydrogen) atoms. The number of aliphatic carboxylic acids is 2. The number of anilines is 1. The number of hydrogen-bond acceptors (Lipinski definition) is 5. The van der Waals surface area contributed by atoms with Crippen molar-refractivity contribution >= 4 is 34.4 Å². The van der Waals surface area contributed by atoms with Crippen LogP contribution in [0, 0.1) is 12.3 Å². The molecule has 0 spiro atoms.